The van der Waals surface area contributed by atoms with Crippen molar-refractivity contribution in [2.45, 2.75) is 103 Å². The van der Waals surface area contributed by atoms with Crippen LogP contribution in [-0.4, -0.2) is 19.3 Å². The van der Waals surface area contributed by atoms with E-state index in [4.69, 9.17) is 9.47 Å². The minimum atomic E-state index is 0.0658. The van der Waals surface area contributed by atoms with Gasteiger partial charge in [-0.3, -0.25) is 0 Å². The molecule has 1 aliphatic carbocycles. The Kier molecular flexibility index (Phi) is 9.44. The average molecular weight is 449 g/mol. The van der Waals surface area contributed by atoms with Crippen molar-refractivity contribution in [1.82, 2.24) is 0 Å². The van der Waals surface area contributed by atoms with E-state index in [9.17, 15) is 0 Å². The fraction of sp³-hybridized carbons (Fsp3) is 0.613. The summed E-state index contributed by atoms with van der Waals surface area (Å²) in [5.74, 6) is 1.71. The molecule has 2 nitrogen and oxygen atoms in total. The van der Waals surface area contributed by atoms with Crippen LogP contribution in [0.4, 0.5) is 0 Å². The Labute approximate surface area is 202 Å². The van der Waals surface area contributed by atoms with Gasteiger partial charge in [0.1, 0.15) is 6.10 Å². The van der Waals surface area contributed by atoms with Gasteiger partial charge in [0.2, 0.25) is 0 Å². The van der Waals surface area contributed by atoms with Crippen LogP contribution in [0.25, 0.3) is 11.1 Å². The van der Waals surface area contributed by atoms with Gasteiger partial charge in [0, 0.05) is 0 Å². The van der Waals surface area contributed by atoms with E-state index in [1.54, 1.807) is 0 Å². The Morgan fingerprint density at radius 2 is 1.30 bits per heavy atom. The predicted molar refractivity (Wildman–Crippen MR) is 139 cm³/mol. The Bertz CT molecular complexity index is 794. The van der Waals surface area contributed by atoms with Crippen molar-refractivity contribution in [3.63, 3.8) is 0 Å². The number of hydrogen-bond acceptors (Lipinski definition) is 2. The van der Waals surface area contributed by atoms with Crippen molar-refractivity contribution in [1.29, 1.82) is 0 Å². The lowest BCUT2D eigenvalue weighted by Crippen LogP contribution is -2.31. The number of benzene rings is 2. The summed E-state index contributed by atoms with van der Waals surface area (Å²) in [7, 11) is 0. The maximum atomic E-state index is 6.17. The maximum absolute atomic E-state index is 6.17. The molecule has 0 N–H and O–H groups in total. The molecule has 33 heavy (non-hydrogen) atoms. The topological polar surface area (TPSA) is 18.5 Å². The second-order valence-corrected chi connectivity index (χ2v) is 10.4. The number of ether oxygens (including phenoxy) is 2. The van der Waals surface area contributed by atoms with E-state index in [1.807, 2.05) is 0 Å². The number of rotatable bonds is 10. The fourth-order valence-electron chi connectivity index (χ4n) is 5.62. The minimum absolute atomic E-state index is 0.0658. The molecule has 2 aromatic rings. The summed E-state index contributed by atoms with van der Waals surface area (Å²) in [4.78, 5) is 0. The lowest BCUT2D eigenvalue weighted by molar-refractivity contribution is -0.137. The van der Waals surface area contributed by atoms with E-state index >= 15 is 0 Å². The number of unbranched alkanes of at least 4 members (excludes halogenated alkanes) is 4. The first kappa shape index (κ1) is 24.5. The molecule has 2 atom stereocenters. The lowest BCUT2D eigenvalue weighted by atomic mass is 9.77. The molecule has 1 aliphatic heterocycles. The van der Waals surface area contributed by atoms with Crippen molar-refractivity contribution < 1.29 is 9.47 Å². The van der Waals surface area contributed by atoms with Gasteiger partial charge in [-0.2, -0.15) is 0 Å². The zero-order chi connectivity index (χ0) is 22.9. The molecule has 2 aromatic carbocycles. The zero-order valence-corrected chi connectivity index (χ0v) is 20.9. The van der Waals surface area contributed by atoms with Gasteiger partial charge in [-0.25, -0.2) is 0 Å². The predicted octanol–water partition coefficient (Wildman–Crippen LogP) is 8.85. The first-order chi connectivity index (χ1) is 16.3. The summed E-state index contributed by atoms with van der Waals surface area (Å²) in [6.07, 6.45) is 14.9. The van der Waals surface area contributed by atoms with E-state index < -0.39 is 0 Å². The molecular formula is C31H44O2. The van der Waals surface area contributed by atoms with Crippen LogP contribution in [0, 0.1) is 5.92 Å². The van der Waals surface area contributed by atoms with Gasteiger partial charge < -0.3 is 9.47 Å². The zero-order valence-electron chi connectivity index (χ0n) is 20.9. The van der Waals surface area contributed by atoms with Gasteiger partial charge in [0.15, 0.2) is 0 Å². The summed E-state index contributed by atoms with van der Waals surface area (Å²) < 4.78 is 12.3. The molecule has 0 amide bonds. The van der Waals surface area contributed by atoms with Crippen molar-refractivity contribution in [3.05, 3.63) is 59.7 Å². The molecule has 0 aromatic heterocycles. The molecule has 2 fully saturated rings. The highest BCUT2D eigenvalue weighted by molar-refractivity contribution is 5.64. The maximum Gasteiger partial charge on any atom is 0.106 e. The Morgan fingerprint density at radius 1 is 0.667 bits per heavy atom. The van der Waals surface area contributed by atoms with Crippen LogP contribution in [0.1, 0.15) is 108 Å². The van der Waals surface area contributed by atoms with Crippen LogP contribution in [0.15, 0.2) is 48.5 Å². The Morgan fingerprint density at radius 3 is 1.88 bits per heavy atom. The van der Waals surface area contributed by atoms with Crippen LogP contribution in [0.3, 0.4) is 0 Å². The van der Waals surface area contributed by atoms with E-state index in [-0.39, 0.29) is 12.2 Å². The SMILES string of the molecule is CCCCCCC[C@H]1CO[C@H](c2ccc(-c3ccc([C@H]4CC[C@H](CC)CC4)cc3)cc2)CO1. The summed E-state index contributed by atoms with van der Waals surface area (Å²) in [5, 5.41) is 0. The molecule has 0 unspecified atom stereocenters. The normalized spacial score (nSPS) is 25.8. The molecule has 0 radical (unpaired) electrons. The summed E-state index contributed by atoms with van der Waals surface area (Å²) in [6, 6.07) is 18.2. The van der Waals surface area contributed by atoms with E-state index in [1.165, 1.54) is 86.5 Å². The Balaban J connectivity index is 1.25. The highest BCUT2D eigenvalue weighted by atomic mass is 16.6. The molecule has 1 heterocycles. The lowest BCUT2D eigenvalue weighted by Gasteiger charge is -2.30. The van der Waals surface area contributed by atoms with Crippen molar-refractivity contribution in [3.8, 4) is 11.1 Å². The third kappa shape index (κ3) is 6.93. The average Bonchev–Trinajstić information content (AvgIpc) is 2.89. The van der Waals surface area contributed by atoms with Crippen LogP contribution < -0.4 is 0 Å². The van der Waals surface area contributed by atoms with Crippen molar-refractivity contribution >= 4 is 0 Å². The van der Waals surface area contributed by atoms with Crippen LogP contribution in [0.5, 0.6) is 0 Å². The highest BCUT2D eigenvalue weighted by Crippen LogP contribution is 2.37. The third-order valence-electron chi connectivity index (χ3n) is 8.02. The highest BCUT2D eigenvalue weighted by Gasteiger charge is 2.23. The molecular weight excluding hydrogens is 404 g/mol. The molecule has 0 bridgehead atoms. The monoisotopic (exact) mass is 448 g/mol. The quantitative estimate of drug-likeness (QED) is 0.338. The summed E-state index contributed by atoms with van der Waals surface area (Å²) in [5.41, 5.74) is 5.33. The van der Waals surface area contributed by atoms with E-state index in [0.29, 0.717) is 6.61 Å². The first-order valence-corrected chi connectivity index (χ1v) is 13.7. The molecule has 2 aliphatic rings. The van der Waals surface area contributed by atoms with E-state index in [2.05, 4.69) is 62.4 Å². The van der Waals surface area contributed by atoms with Crippen LogP contribution >= 0.6 is 0 Å². The van der Waals surface area contributed by atoms with Crippen molar-refractivity contribution in [2.75, 3.05) is 13.2 Å². The van der Waals surface area contributed by atoms with Gasteiger partial charge in [0.05, 0.1) is 19.3 Å². The number of hydrogen-bond donors (Lipinski definition) is 0. The summed E-state index contributed by atoms with van der Waals surface area (Å²) >= 11 is 0. The minimum Gasteiger partial charge on any atom is -0.373 e. The van der Waals surface area contributed by atoms with Gasteiger partial charge in [-0.05, 0) is 66.2 Å². The second-order valence-electron chi connectivity index (χ2n) is 10.4. The summed E-state index contributed by atoms with van der Waals surface area (Å²) in [6.45, 7) is 6.00. The molecule has 4 rings (SSSR count). The van der Waals surface area contributed by atoms with Gasteiger partial charge in [0.25, 0.3) is 0 Å². The molecule has 180 valence electrons. The fourth-order valence-corrected chi connectivity index (χ4v) is 5.62. The van der Waals surface area contributed by atoms with Crippen molar-refractivity contribution in [2.24, 2.45) is 5.92 Å². The molecule has 1 saturated carbocycles. The largest absolute Gasteiger partial charge is 0.373 e. The van der Waals surface area contributed by atoms with Gasteiger partial charge >= 0.3 is 0 Å². The Hall–Kier alpha value is -1.64. The molecule has 2 heteroatoms. The molecule has 0 spiro atoms. The van der Waals surface area contributed by atoms with Gasteiger partial charge in [-0.1, -0.05) is 101 Å². The first-order valence-electron chi connectivity index (χ1n) is 13.7. The van der Waals surface area contributed by atoms with Gasteiger partial charge in [-0.15, -0.1) is 0 Å². The third-order valence-corrected chi connectivity index (χ3v) is 8.02. The standard InChI is InChI=1S/C31H44O2/c1-3-5-6-7-8-9-30-22-33-31(23-32-30)29-20-18-28(19-21-29)27-16-14-26(15-17-27)25-12-10-24(4-2)11-13-25/h14-21,24-25,30-31H,3-13,22-23H2,1-2H3/t24-,25-,30-,31-/m0/s1. The van der Waals surface area contributed by atoms with E-state index in [0.717, 1.165) is 24.9 Å². The van der Waals surface area contributed by atoms with Crippen LogP contribution in [-0.2, 0) is 9.47 Å². The molecule has 1 saturated heterocycles. The van der Waals surface area contributed by atoms with Crippen LogP contribution in [0.2, 0.25) is 0 Å². The second kappa shape index (κ2) is 12.7. The smallest absolute Gasteiger partial charge is 0.106 e.